The highest BCUT2D eigenvalue weighted by Gasteiger charge is 2.15. The summed E-state index contributed by atoms with van der Waals surface area (Å²) in [4.78, 5) is 13.2. The Balaban J connectivity index is 4.04. The van der Waals surface area contributed by atoms with Crippen LogP contribution in [0, 0.1) is 0 Å². The second kappa shape index (κ2) is 6.00. The van der Waals surface area contributed by atoms with Crippen molar-refractivity contribution in [2.75, 3.05) is 20.3 Å². The van der Waals surface area contributed by atoms with Crippen LogP contribution in [0.15, 0.2) is 0 Å². The Morgan fingerprint density at radius 2 is 2.08 bits per heavy atom. The predicted octanol–water partition coefficient (Wildman–Crippen LogP) is 1.28. The van der Waals surface area contributed by atoms with Crippen LogP contribution in [0.25, 0.3) is 0 Å². The minimum atomic E-state index is 0.0781. The normalized spacial score (nSPS) is 12.7. The molecule has 1 unspecified atom stereocenters. The van der Waals surface area contributed by atoms with Crippen molar-refractivity contribution in [1.29, 1.82) is 0 Å². The number of hydrogen-bond donors (Lipinski definition) is 0. The zero-order valence-corrected chi connectivity index (χ0v) is 8.46. The zero-order valence-electron chi connectivity index (χ0n) is 8.46. The van der Waals surface area contributed by atoms with Crippen LogP contribution >= 0.6 is 0 Å². The average molecular weight is 173 g/mol. The van der Waals surface area contributed by atoms with Crippen LogP contribution < -0.4 is 0 Å². The fraction of sp³-hybridized carbons (Fsp3) is 0.889. The van der Waals surface area contributed by atoms with Crippen molar-refractivity contribution < 1.29 is 9.53 Å². The molecule has 0 aromatic carbocycles. The molecule has 0 aliphatic rings. The first-order chi connectivity index (χ1) is 5.67. The number of carbonyl (C=O) groups is 1. The minimum absolute atomic E-state index is 0.0781. The molecule has 0 heterocycles. The molecule has 0 saturated carbocycles. The molecule has 0 aliphatic heterocycles. The fourth-order valence-electron chi connectivity index (χ4n) is 1.16. The van der Waals surface area contributed by atoms with E-state index < -0.39 is 0 Å². The van der Waals surface area contributed by atoms with Crippen molar-refractivity contribution in [3.63, 3.8) is 0 Å². The first-order valence-corrected chi connectivity index (χ1v) is 4.45. The molecule has 12 heavy (non-hydrogen) atoms. The van der Waals surface area contributed by atoms with Crippen molar-refractivity contribution in [3.8, 4) is 0 Å². The molecular formula is C9H19NO2. The van der Waals surface area contributed by atoms with Gasteiger partial charge in [0.2, 0.25) is 5.91 Å². The van der Waals surface area contributed by atoms with Gasteiger partial charge in [0.05, 0.1) is 0 Å². The van der Waals surface area contributed by atoms with Crippen LogP contribution in [0.5, 0.6) is 0 Å². The van der Waals surface area contributed by atoms with E-state index >= 15 is 0 Å². The van der Waals surface area contributed by atoms with Crippen molar-refractivity contribution in [2.45, 2.75) is 33.2 Å². The van der Waals surface area contributed by atoms with Gasteiger partial charge in [-0.2, -0.15) is 0 Å². The molecule has 1 atom stereocenters. The van der Waals surface area contributed by atoms with E-state index in [2.05, 4.69) is 13.8 Å². The van der Waals surface area contributed by atoms with Crippen LogP contribution in [0.3, 0.4) is 0 Å². The van der Waals surface area contributed by atoms with Gasteiger partial charge >= 0.3 is 0 Å². The van der Waals surface area contributed by atoms with Gasteiger partial charge in [0.1, 0.15) is 6.61 Å². The summed E-state index contributed by atoms with van der Waals surface area (Å²) in [5.41, 5.74) is 0. The Morgan fingerprint density at radius 3 is 2.42 bits per heavy atom. The number of ether oxygens (including phenoxy) is 1. The highest BCUT2D eigenvalue weighted by molar-refractivity contribution is 5.77. The summed E-state index contributed by atoms with van der Waals surface area (Å²) < 4.78 is 4.79. The summed E-state index contributed by atoms with van der Waals surface area (Å²) in [6, 6.07) is 0.317. The molecule has 0 bridgehead atoms. The van der Waals surface area contributed by atoms with Crippen LogP contribution in [0.2, 0.25) is 0 Å². The maximum Gasteiger partial charge on any atom is 0.248 e. The third kappa shape index (κ3) is 3.22. The molecule has 0 radical (unpaired) electrons. The number of carbonyl (C=O) groups excluding carboxylic acids is 1. The monoisotopic (exact) mass is 173 g/mol. The third-order valence-corrected chi connectivity index (χ3v) is 2.05. The number of methoxy groups -OCH3 is 1. The first kappa shape index (κ1) is 11.4. The standard InChI is InChI=1S/C9H19NO2/c1-5-8(3)10(6-2)9(11)7-12-4/h8H,5-7H2,1-4H3. The van der Waals surface area contributed by atoms with Gasteiger partial charge in [0.15, 0.2) is 0 Å². The van der Waals surface area contributed by atoms with Crippen molar-refractivity contribution in [3.05, 3.63) is 0 Å². The second-order valence-corrected chi connectivity index (χ2v) is 2.87. The van der Waals surface area contributed by atoms with E-state index in [9.17, 15) is 4.79 Å². The van der Waals surface area contributed by atoms with E-state index in [1.807, 2.05) is 11.8 Å². The molecule has 72 valence electrons. The van der Waals surface area contributed by atoms with E-state index in [1.165, 1.54) is 0 Å². The lowest BCUT2D eigenvalue weighted by atomic mass is 10.2. The number of likely N-dealkylation sites (N-methyl/N-ethyl adjacent to an activating group) is 1. The lowest BCUT2D eigenvalue weighted by molar-refractivity contribution is -0.137. The molecule has 0 aliphatic carbocycles. The molecule has 0 fully saturated rings. The molecule has 3 nitrogen and oxygen atoms in total. The number of amides is 1. The van der Waals surface area contributed by atoms with E-state index in [0.717, 1.165) is 13.0 Å². The highest BCUT2D eigenvalue weighted by atomic mass is 16.5. The Morgan fingerprint density at radius 1 is 1.50 bits per heavy atom. The topological polar surface area (TPSA) is 29.5 Å². The molecule has 3 heteroatoms. The lowest BCUT2D eigenvalue weighted by Gasteiger charge is -2.26. The third-order valence-electron chi connectivity index (χ3n) is 2.05. The summed E-state index contributed by atoms with van der Waals surface area (Å²) in [6.45, 7) is 7.07. The quantitative estimate of drug-likeness (QED) is 0.626. The maximum atomic E-state index is 11.4. The van der Waals surface area contributed by atoms with Crippen LogP contribution in [-0.4, -0.2) is 37.1 Å². The smallest absolute Gasteiger partial charge is 0.248 e. The van der Waals surface area contributed by atoms with Crippen LogP contribution in [-0.2, 0) is 9.53 Å². The summed E-state index contributed by atoms with van der Waals surface area (Å²) in [7, 11) is 1.54. The molecule has 1 amide bonds. The Hall–Kier alpha value is -0.570. The average Bonchev–Trinajstić information content (AvgIpc) is 2.06. The van der Waals surface area contributed by atoms with E-state index in [4.69, 9.17) is 4.74 Å². The first-order valence-electron chi connectivity index (χ1n) is 4.45. The highest BCUT2D eigenvalue weighted by Crippen LogP contribution is 2.03. The van der Waals surface area contributed by atoms with Gasteiger partial charge in [0, 0.05) is 19.7 Å². The Labute approximate surface area is 74.7 Å². The summed E-state index contributed by atoms with van der Waals surface area (Å²) >= 11 is 0. The number of hydrogen-bond acceptors (Lipinski definition) is 2. The van der Waals surface area contributed by atoms with Crippen LogP contribution in [0.4, 0.5) is 0 Å². The van der Waals surface area contributed by atoms with Gasteiger partial charge in [-0.1, -0.05) is 6.92 Å². The van der Waals surface area contributed by atoms with E-state index in [1.54, 1.807) is 7.11 Å². The van der Waals surface area contributed by atoms with Crippen molar-refractivity contribution in [1.82, 2.24) is 4.90 Å². The molecule has 0 rings (SSSR count). The Kier molecular flexibility index (Phi) is 5.72. The lowest BCUT2D eigenvalue weighted by Crippen LogP contribution is -2.40. The molecular weight excluding hydrogens is 154 g/mol. The molecule has 0 spiro atoms. The van der Waals surface area contributed by atoms with Gasteiger partial charge in [-0.25, -0.2) is 0 Å². The van der Waals surface area contributed by atoms with Gasteiger partial charge < -0.3 is 9.64 Å². The summed E-state index contributed by atoms with van der Waals surface area (Å²) in [6.07, 6.45) is 0.989. The number of nitrogens with zero attached hydrogens (tertiary/aromatic N) is 1. The predicted molar refractivity (Wildman–Crippen MR) is 49.0 cm³/mol. The summed E-state index contributed by atoms with van der Waals surface area (Å²) in [5.74, 6) is 0.0781. The minimum Gasteiger partial charge on any atom is -0.375 e. The fourth-order valence-corrected chi connectivity index (χ4v) is 1.16. The zero-order chi connectivity index (χ0) is 9.56. The molecule has 0 N–H and O–H groups in total. The van der Waals surface area contributed by atoms with Gasteiger partial charge in [-0.3, -0.25) is 4.79 Å². The summed E-state index contributed by atoms with van der Waals surface area (Å²) in [5, 5.41) is 0. The molecule has 0 saturated heterocycles. The second-order valence-electron chi connectivity index (χ2n) is 2.87. The van der Waals surface area contributed by atoms with Gasteiger partial charge in [-0.05, 0) is 20.3 Å². The van der Waals surface area contributed by atoms with Crippen molar-refractivity contribution >= 4 is 5.91 Å². The molecule has 0 aromatic heterocycles. The SMILES string of the molecule is CCC(C)N(CC)C(=O)COC. The van der Waals surface area contributed by atoms with E-state index in [0.29, 0.717) is 6.04 Å². The number of rotatable bonds is 5. The van der Waals surface area contributed by atoms with Crippen molar-refractivity contribution in [2.24, 2.45) is 0 Å². The maximum absolute atomic E-state index is 11.4. The Bertz CT molecular complexity index is 136. The largest absolute Gasteiger partial charge is 0.375 e. The molecule has 0 aromatic rings. The van der Waals surface area contributed by atoms with Gasteiger partial charge in [-0.15, -0.1) is 0 Å². The van der Waals surface area contributed by atoms with E-state index in [-0.39, 0.29) is 12.5 Å². The van der Waals surface area contributed by atoms with Gasteiger partial charge in [0.25, 0.3) is 0 Å². The van der Waals surface area contributed by atoms with Crippen LogP contribution in [0.1, 0.15) is 27.2 Å².